The van der Waals surface area contributed by atoms with E-state index in [0.717, 1.165) is 25.0 Å². The molecule has 0 fully saturated rings. The Kier molecular flexibility index (Phi) is 7.37. The van der Waals surface area contributed by atoms with Crippen LogP contribution in [0.2, 0.25) is 0 Å². The van der Waals surface area contributed by atoms with Crippen LogP contribution in [0.5, 0.6) is 11.5 Å². The fourth-order valence-corrected chi connectivity index (χ4v) is 2.94. The Morgan fingerprint density at radius 3 is 2.84 bits per heavy atom. The van der Waals surface area contributed by atoms with Crippen molar-refractivity contribution in [2.45, 2.75) is 39.2 Å². The van der Waals surface area contributed by atoms with Gasteiger partial charge in [-0.3, -0.25) is 4.79 Å². The van der Waals surface area contributed by atoms with E-state index < -0.39 is 0 Å². The molecule has 0 aliphatic carbocycles. The summed E-state index contributed by atoms with van der Waals surface area (Å²) >= 11 is 3.46. The molecule has 2 rings (SSSR count). The molecule has 1 heterocycles. The lowest BCUT2D eigenvalue weighted by molar-refractivity contribution is 0.0937. The smallest absolute Gasteiger partial charge is 0.251 e. The van der Waals surface area contributed by atoms with E-state index in [1.54, 1.807) is 25.5 Å². The zero-order valence-electron chi connectivity index (χ0n) is 14.8. The van der Waals surface area contributed by atoms with Crippen molar-refractivity contribution >= 4 is 21.8 Å². The summed E-state index contributed by atoms with van der Waals surface area (Å²) < 4.78 is 17.1. The van der Waals surface area contributed by atoms with E-state index in [1.165, 1.54) is 0 Å². The predicted molar refractivity (Wildman–Crippen MR) is 100 cm³/mol. The Labute approximate surface area is 156 Å². The molecule has 1 N–H and O–H groups in total. The van der Waals surface area contributed by atoms with Crippen molar-refractivity contribution < 1.29 is 18.7 Å². The molecule has 0 radical (unpaired) electrons. The van der Waals surface area contributed by atoms with Crippen molar-refractivity contribution in [3.05, 3.63) is 46.3 Å². The first-order valence-corrected chi connectivity index (χ1v) is 9.18. The summed E-state index contributed by atoms with van der Waals surface area (Å²) in [6, 6.07) is 7.28. The topological polar surface area (TPSA) is 60.7 Å². The number of amides is 1. The van der Waals surface area contributed by atoms with Gasteiger partial charge in [-0.1, -0.05) is 6.92 Å². The molecule has 2 aromatic rings. The van der Waals surface area contributed by atoms with E-state index in [-0.39, 0.29) is 11.9 Å². The van der Waals surface area contributed by atoms with Gasteiger partial charge in [0.15, 0.2) is 11.5 Å². The number of hydrogen-bond donors (Lipinski definition) is 1. The molecule has 1 unspecified atom stereocenters. The van der Waals surface area contributed by atoms with Gasteiger partial charge in [-0.2, -0.15) is 0 Å². The first kappa shape index (κ1) is 19.4. The zero-order chi connectivity index (χ0) is 18.2. The highest BCUT2D eigenvalue weighted by atomic mass is 79.9. The first-order valence-electron chi connectivity index (χ1n) is 8.38. The molecule has 1 aromatic heterocycles. The second-order valence-corrected chi connectivity index (χ2v) is 6.68. The molecular weight excluding hydrogens is 386 g/mol. The molecule has 1 aromatic carbocycles. The lowest BCUT2D eigenvalue weighted by Gasteiger charge is -2.16. The normalized spacial score (nSPS) is 11.8. The number of aryl methyl sites for hydroxylation is 1. The van der Waals surface area contributed by atoms with Gasteiger partial charge in [-0.25, -0.2) is 0 Å². The molecule has 5 nitrogen and oxygen atoms in total. The number of ether oxygens (including phenoxy) is 2. The Hall–Kier alpha value is -1.95. The summed E-state index contributed by atoms with van der Waals surface area (Å²) in [6.45, 7) is 4.60. The number of hydrogen-bond acceptors (Lipinski definition) is 4. The van der Waals surface area contributed by atoms with Crippen LogP contribution < -0.4 is 14.8 Å². The quantitative estimate of drug-likeness (QED) is 0.657. The first-order chi connectivity index (χ1) is 12.0. The molecule has 0 spiro atoms. The molecule has 25 heavy (non-hydrogen) atoms. The van der Waals surface area contributed by atoms with Crippen molar-refractivity contribution in [1.29, 1.82) is 0 Å². The van der Waals surface area contributed by atoms with Gasteiger partial charge in [0.05, 0.1) is 24.5 Å². The maximum absolute atomic E-state index is 12.5. The average Bonchev–Trinajstić information content (AvgIpc) is 3.11. The minimum absolute atomic E-state index is 0.0263. The molecule has 136 valence electrons. The number of rotatable bonds is 9. The van der Waals surface area contributed by atoms with Gasteiger partial charge < -0.3 is 19.2 Å². The monoisotopic (exact) mass is 409 g/mol. The van der Waals surface area contributed by atoms with Crippen molar-refractivity contribution in [2.75, 3.05) is 13.7 Å². The van der Waals surface area contributed by atoms with Gasteiger partial charge in [0, 0.05) is 18.0 Å². The second kappa shape index (κ2) is 9.51. The van der Waals surface area contributed by atoms with Gasteiger partial charge in [-0.05, 0) is 60.0 Å². The Balaban J connectivity index is 2.01. The summed E-state index contributed by atoms with van der Waals surface area (Å²) in [6.07, 6.45) is 4.13. The third-order valence-electron chi connectivity index (χ3n) is 3.72. The molecule has 0 aliphatic rings. The highest BCUT2D eigenvalue weighted by Gasteiger charge is 2.17. The van der Waals surface area contributed by atoms with E-state index in [1.807, 2.05) is 26.0 Å². The number of carbonyl (C=O) groups excluding carboxylic acids is 1. The molecule has 0 saturated carbocycles. The molecule has 1 amide bonds. The van der Waals surface area contributed by atoms with Crippen LogP contribution in [0.25, 0.3) is 0 Å². The summed E-state index contributed by atoms with van der Waals surface area (Å²) in [7, 11) is 1.56. The Bertz CT molecular complexity index is 685. The molecule has 6 heteroatoms. The standard InChI is InChI=1S/C19H24BrNO4/c1-4-9-25-18-16(20)11-14(12-17(18)23-3)19(22)21-13(2)7-8-15-6-5-10-24-15/h5-6,10-13H,4,7-9H2,1-3H3,(H,21,22). The minimum atomic E-state index is -0.145. The largest absolute Gasteiger partial charge is 0.493 e. The number of carbonyl (C=O) groups is 1. The highest BCUT2D eigenvalue weighted by Crippen LogP contribution is 2.36. The van der Waals surface area contributed by atoms with Crippen molar-refractivity contribution in [2.24, 2.45) is 0 Å². The van der Waals surface area contributed by atoms with Crippen LogP contribution in [0.4, 0.5) is 0 Å². The van der Waals surface area contributed by atoms with Crippen LogP contribution in [-0.2, 0) is 6.42 Å². The van der Waals surface area contributed by atoms with Gasteiger partial charge in [0.2, 0.25) is 0 Å². The van der Waals surface area contributed by atoms with Crippen molar-refractivity contribution in [3.63, 3.8) is 0 Å². The van der Waals surface area contributed by atoms with Crippen LogP contribution in [0.1, 0.15) is 42.8 Å². The third kappa shape index (κ3) is 5.53. The molecule has 0 bridgehead atoms. The molecule has 0 saturated heterocycles. The third-order valence-corrected chi connectivity index (χ3v) is 4.31. The van der Waals surface area contributed by atoms with Crippen LogP contribution in [0.3, 0.4) is 0 Å². The SMILES string of the molecule is CCCOc1c(Br)cc(C(=O)NC(C)CCc2ccco2)cc1OC. The van der Waals surface area contributed by atoms with Crippen LogP contribution in [-0.4, -0.2) is 25.7 Å². The number of methoxy groups -OCH3 is 1. The molecular formula is C19H24BrNO4. The van der Waals surface area contributed by atoms with Gasteiger partial charge in [0.25, 0.3) is 5.91 Å². The molecule has 0 aliphatic heterocycles. The predicted octanol–water partition coefficient (Wildman–Crippen LogP) is 4.59. The van der Waals surface area contributed by atoms with E-state index in [0.29, 0.717) is 28.1 Å². The number of furan rings is 1. The van der Waals surface area contributed by atoms with Crippen LogP contribution in [0, 0.1) is 0 Å². The van der Waals surface area contributed by atoms with Crippen LogP contribution in [0.15, 0.2) is 39.4 Å². The van der Waals surface area contributed by atoms with E-state index in [2.05, 4.69) is 21.2 Å². The number of halogens is 1. The van der Waals surface area contributed by atoms with Crippen molar-refractivity contribution in [3.8, 4) is 11.5 Å². The van der Waals surface area contributed by atoms with E-state index in [9.17, 15) is 4.79 Å². The van der Waals surface area contributed by atoms with E-state index >= 15 is 0 Å². The maximum atomic E-state index is 12.5. The lowest BCUT2D eigenvalue weighted by Crippen LogP contribution is -2.32. The van der Waals surface area contributed by atoms with Gasteiger partial charge >= 0.3 is 0 Å². The minimum Gasteiger partial charge on any atom is -0.493 e. The fourth-order valence-electron chi connectivity index (χ4n) is 2.39. The Morgan fingerprint density at radius 2 is 2.20 bits per heavy atom. The van der Waals surface area contributed by atoms with Gasteiger partial charge in [0.1, 0.15) is 5.76 Å². The van der Waals surface area contributed by atoms with E-state index in [4.69, 9.17) is 13.9 Å². The number of benzene rings is 1. The summed E-state index contributed by atoms with van der Waals surface area (Å²) in [4.78, 5) is 12.5. The summed E-state index contributed by atoms with van der Waals surface area (Å²) in [5.74, 6) is 1.93. The maximum Gasteiger partial charge on any atom is 0.251 e. The lowest BCUT2D eigenvalue weighted by atomic mass is 10.1. The average molecular weight is 410 g/mol. The zero-order valence-corrected chi connectivity index (χ0v) is 16.4. The molecule has 1 atom stereocenters. The van der Waals surface area contributed by atoms with Crippen molar-refractivity contribution in [1.82, 2.24) is 5.32 Å². The summed E-state index contributed by atoms with van der Waals surface area (Å²) in [5, 5.41) is 3.00. The summed E-state index contributed by atoms with van der Waals surface area (Å²) in [5.41, 5.74) is 0.525. The second-order valence-electron chi connectivity index (χ2n) is 5.83. The fraction of sp³-hybridized carbons (Fsp3) is 0.421. The highest BCUT2D eigenvalue weighted by molar-refractivity contribution is 9.10. The Morgan fingerprint density at radius 1 is 1.40 bits per heavy atom. The van der Waals surface area contributed by atoms with Gasteiger partial charge in [-0.15, -0.1) is 0 Å². The number of nitrogens with one attached hydrogen (secondary N) is 1. The van der Waals surface area contributed by atoms with Crippen LogP contribution >= 0.6 is 15.9 Å².